The number of nitrogens with zero attached hydrogens (tertiary/aromatic N) is 5. The number of hydrogen-bond acceptors (Lipinski definition) is 7. The van der Waals surface area contributed by atoms with E-state index in [2.05, 4.69) is 15.0 Å². The fourth-order valence-corrected chi connectivity index (χ4v) is 5.45. The Morgan fingerprint density at radius 1 is 1.07 bits per heavy atom. The molecule has 1 unspecified atom stereocenters. The zero-order valence-corrected chi connectivity index (χ0v) is 21.9. The monoisotopic (exact) mass is 566 g/mol. The molecular formula is C28H25F3N6O4. The number of aromatic nitrogens is 4. The highest BCUT2D eigenvalue weighted by molar-refractivity contribution is 5.96. The van der Waals surface area contributed by atoms with Gasteiger partial charge in [0.15, 0.2) is 16.9 Å². The topological polar surface area (TPSA) is 103 Å². The van der Waals surface area contributed by atoms with Crippen LogP contribution in [0.2, 0.25) is 0 Å². The predicted octanol–water partition coefficient (Wildman–Crippen LogP) is 3.00. The number of para-hydroxylation sites is 1. The molecule has 41 heavy (non-hydrogen) atoms. The molecule has 4 aromatic rings. The Morgan fingerprint density at radius 2 is 1.80 bits per heavy atom. The van der Waals surface area contributed by atoms with Crippen LogP contribution in [0.25, 0.3) is 11.2 Å². The number of nitrogens with one attached hydrogen (secondary N) is 1. The average Bonchev–Trinajstić information content (AvgIpc) is 3.66. The molecule has 0 saturated carbocycles. The van der Waals surface area contributed by atoms with Crippen molar-refractivity contribution in [3.63, 3.8) is 0 Å². The van der Waals surface area contributed by atoms with Crippen LogP contribution in [0.4, 0.5) is 19.1 Å². The Kier molecular flexibility index (Phi) is 6.43. The van der Waals surface area contributed by atoms with E-state index < -0.39 is 35.7 Å². The van der Waals surface area contributed by atoms with Gasteiger partial charge in [0, 0.05) is 49.1 Å². The molecule has 6 rings (SSSR count). The Hall–Kier alpha value is -4.81. The molecular weight excluding hydrogens is 541 g/mol. The van der Waals surface area contributed by atoms with Gasteiger partial charge in [-0.3, -0.25) is 23.3 Å². The third-order valence-electron chi connectivity index (χ3n) is 7.42. The van der Waals surface area contributed by atoms with Gasteiger partial charge in [0.2, 0.25) is 5.95 Å². The standard InChI is InChI=1S/C28H25F3N6O4/c1-34-24-23(25(39)37(27(34)40)16-21(38)17-7-3-2-4-8-17)36(15-19-9-5-6-10-22(19)41-28(29,30)31)26(33-24)35-12-11-18-13-32-14-20(18)35/h2-10,14,18,32H,11-13,15-16H2,1H3. The van der Waals surface area contributed by atoms with Crippen LogP contribution in [0.5, 0.6) is 5.75 Å². The lowest BCUT2D eigenvalue weighted by atomic mass is 10.1. The van der Waals surface area contributed by atoms with Gasteiger partial charge in [0.1, 0.15) is 5.75 Å². The van der Waals surface area contributed by atoms with E-state index in [9.17, 15) is 27.6 Å². The number of anilines is 1. The molecule has 0 bridgehead atoms. The summed E-state index contributed by atoms with van der Waals surface area (Å²) in [4.78, 5) is 46.8. The number of Topliss-reactive ketones (excluding diaryl/α,β-unsaturated/α-hetero) is 1. The summed E-state index contributed by atoms with van der Waals surface area (Å²) in [5, 5.41) is 3.20. The first-order chi connectivity index (χ1) is 19.6. The summed E-state index contributed by atoms with van der Waals surface area (Å²) < 4.78 is 47.4. The van der Waals surface area contributed by atoms with Crippen LogP contribution in [-0.2, 0) is 20.1 Å². The largest absolute Gasteiger partial charge is 0.573 e. The first kappa shape index (κ1) is 26.4. The van der Waals surface area contributed by atoms with Crippen LogP contribution in [0.1, 0.15) is 22.3 Å². The molecule has 0 radical (unpaired) electrons. The number of aryl methyl sites for hydroxylation is 1. The second-order valence-corrected chi connectivity index (χ2v) is 9.96. The fraction of sp³-hybridized carbons (Fsp3) is 0.286. The maximum Gasteiger partial charge on any atom is 0.573 e. The van der Waals surface area contributed by atoms with E-state index in [4.69, 9.17) is 0 Å². The molecule has 13 heteroatoms. The Bertz CT molecular complexity index is 1810. The maximum absolute atomic E-state index is 13.9. The van der Waals surface area contributed by atoms with Gasteiger partial charge >= 0.3 is 12.1 Å². The smallest absolute Gasteiger partial charge is 0.405 e. The number of hydrogen-bond donors (Lipinski definition) is 1. The van der Waals surface area contributed by atoms with Crippen LogP contribution in [0.15, 0.2) is 76.1 Å². The third-order valence-corrected chi connectivity index (χ3v) is 7.42. The molecule has 0 amide bonds. The normalized spacial score (nSPS) is 16.5. The van der Waals surface area contributed by atoms with Crippen molar-refractivity contribution in [1.29, 1.82) is 0 Å². The lowest BCUT2D eigenvalue weighted by Gasteiger charge is -2.21. The highest BCUT2D eigenvalue weighted by Crippen LogP contribution is 2.36. The molecule has 4 heterocycles. The molecule has 1 fully saturated rings. The number of alkyl halides is 3. The Morgan fingerprint density at radius 3 is 2.56 bits per heavy atom. The Balaban J connectivity index is 1.54. The van der Waals surface area contributed by atoms with E-state index in [1.807, 2.05) is 11.1 Å². The number of imidazole rings is 1. The number of ketones is 1. The highest BCUT2D eigenvalue weighted by Gasteiger charge is 2.36. The van der Waals surface area contributed by atoms with Crippen molar-refractivity contribution in [2.45, 2.75) is 25.9 Å². The quantitative estimate of drug-likeness (QED) is 0.343. The molecule has 212 valence electrons. The molecule has 2 aromatic carbocycles. The first-order valence-electron chi connectivity index (χ1n) is 13.0. The molecule has 10 nitrogen and oxygen atoms in total. The summed E-state index contributed by atoms with van der Waals surface area (Å²) in [6, 6.07) is 13.9. The lowest BCUT2D eigenvalue weighted by Crippen LogP contribution is -2.41. The number of ether oxygens (including phenoxy) is 1. The zero-order valence-electron chi connectivity index (χ0n) is 21.9. The van der Waals surface area contributed by atoms with E-state index in [1.54, 1.807) is 36.4 Å². The van der Waals surface area contributed by atoms with Crippen molar-refractivity contribution in [3.05, 3.63) is 98.5 Å². The van der Waals surface area contributed by atoms with Crippen LogP contribution < -0.4 is 26.2 Å². The van der Waals surface area contributed by atoms with Crippen LogP contribution in [0, 0.1) is 5.92 Å². The number of fused-ring (bicyclic) bond motifs is 2. The number of halogens is 3. The molecule has 2 aliphatic rings. The van der Waals surface area contributed by atoms with Gasteiger partial charge in [-0.15, -0.1) is 13.2 Å². The molecule has 0 aliphatic carbocycles. The molecule has 2 aromatic heterocycles. The minimum Gasteiger partial charge on any atom is -0.405 e. The van der Waals surface area contributed by atoms with Gasteiger partial charge in [-0.2, -0.15) is 4.98 Å². The van der Waals surface area contributed by atoms with Crippen LogP contribution in [-0.4, -0.2) is 43.9 Å². The Labute approximate surface area is 230 Å². The van der Waals surface area contributed by atoms with E-state index in [0.29, 0.717) is 18.1 Å². The summed E-state index contributed by atoms with van der Waals surface area (Å²) >= 11 is 0. The molecule has 1 atom stereocenters. The molecule has 1 saturated heterocycles. The van der Waals surface area contributed by atoms with Gasteiger partial charge in [-0.1, -0.05) is 48.5 Å². The van der Waals surface area contributed by atoms with Gasteiger partial charge in [-0.25, -0.2) is 4.79 Å². The second-order valence-electron chi connectivity index (χ2n) is 9.96. The molecule has 1 N–H and O–H groups in total. The summed E-state index contributed by atoms with van der Waals surface area (Å²) in [5.74, 6) is -0.339. The van der Waals surface area contributed by atoms with Crippen molar-refractivity contribution in [2.24, 2.45) is 13.0 Å². The van der Waals surface area contributed by atoms with Gasteiger partial charge in [0.05, 0.1) is 13.1 Å². The van der Waals surface area contributed by atoms with Gasteiger partial charge < -0.3 is 15.0 Å². The zero-order chi connectivity index (χ0) is 28.9. The van der Waals surface area contributed by atoms with Crippen molar-refractivity contribution < 1.29 is 22.7 Å². The minimum atomic E-state index is -4.92. The van der Waals surface area contributed by atoms with Crippen molar-refractivity contribution >= 4 is 22.9 Å². The maximum atomic E-state index is 13.9. The average molecular weight is 567 g/mol. The minimum absolute atomic E-state index is 0.0141. The number of carbonyl (C=O) groups is 1. The molecule has 0 spiro atoms. The lowest BCUT2D eigenvalue weighted by molar-refractivity contribution is -0.274. The molecule has 2 aliphatic heterocycles. The summed E-state index contributed by atoms with van der Waals surface area (Å²) in [6.45, 7) is 0.582. The van der Waals surface area contributed by atoms with E-state index in [-0.39, 0.29) is 29.2 Å². The number of rotatable bonds is 7. The summed E-state index contributed by atoms with van der Waals surface area (Å²) in [7, 11) is 1.44. The second kappa shape index (κ2) is 9.98. The van der Waals surface area contributed by atoms with Gasteiger partial charge in [0.25, 0.3) is 5.56 Å². The van der Waals surface area contributed by atoms with Crippen molar-refractivity contribution in [3.8, 4) is 5.75 Å². The fourth-order valence-electron chi connectivity index (χ4n) is 5.45. The van der Waals surface area contributed by atoms with Gasteiger partial charge in [-0.05, 0) is 12.5 Å². The number of carbonyl (C=O) groups excluding carboxylic acids is 1. The highest BCUT2D eigenvalue weighted by atomic mass is 19.4. The van der Waals surface area contributed by atoms with E-state index >= 15 is 0 Å². The third kappa shape index (κ3) is 4.77. The summed E-state index contributed by atoms with van der Waals surface area (Å²) in [5.41, 5.74) is -0.0367. The SMILES string of the molecule is Cn1c(=O)n(CC(=O)c2ccccc2)c(=O)c2c1nc(N1CCC3CNC=C31)n2Cc1ccccc1OC(F)(F)F. The van der Waals surface area contributed by atoms with Crippen molar-refractivity contribution in [2.75, 3.05) is 18.0 Å². The van der Waals surface area contributed by atoms with Crippen LogP contribution in [0.3, 0.4) is 0 Å². The number of benzene rings is 2. The van der Waals surface area contributed by atoms with Crippen LogP contribution >= 0.6 is 0 Å². The van der Waals surface area contributed by atoms with Crippen molar-refractivity contribution in [1.82, 2.24) is 24.0 Å². The predicted molar refractivity (Wildman–Crippen MR) is 144 cm³/mol. The van der Waals surface area contributed by atoms with E-state index in [1.165, 1.54) is 34.4 Å². The summed E-state index contributed by atoms with van der Waals surface area (Å²) in [6.07, 6.45) is -2.25. The van der Waals surface area contributed by atoms with E-state index in [0.717, 1.165) is 23.2 Å². The first-order valence-corrected chi connectivity index (χ1v) is 13.0.